The summed E-state index contributed by atoms with van der Waals surface area (Å²) in [6.45, 7) is 5.38. The monoisotopic (exact) mass is 368 g/mol. The number of esters is 1. The van der Waals surface area contributed by atoms with Crippen molar-refractivity contribution in [3.05, 3.63) is 59.7 Å². The van der Waals surface area contributed by atoms with Crippen molar-refractivity contribution in [1.82, 2.24) is 0 Å². The first-order chi connectivity index (χ1) is 13.1. The van der Waals surface area contributed by atoms with Gasteiger partial charge in [-0.3, -0.25) is 0 Å². The van der Waals surface area contributed by atoms with E-state index < -0.39 is 6.10 Å². The fourth-order valence-electron chi connectivity index (χ4n) is 3.13. The summed E-state index contributed by atoms with van der Waals surface area (Å²) in [5, 5.41) is 0. The summed E-state index contributed by atoms with van der Waals surface area (Å²) < 4.78 is 16.3. The fraction of sp³-hybridized carbons (Fsp3) is 0.435. The molecule has 27 heavy (non-hydrogen) atoms. The van der Waals surface area contributed by atoms with E-state index >= 15 is 0 Å². The molecule has 0 fully saturated rings. The Labute approximate surface area is 161 Å². The molecular weight excluding hydrogens is 340 g/mol. The molecule has 0 amide bonds. The quantitative estimate of drug-likeness (QED) is 0.743. The lowest BCUT2D eigenvalue weighted by atomic mass is 10.0. The highest BCUT2D eigenvalue weighted by Gasteiger charge is 2.27. The molecule has 4 heteroatoms. The first kappa shape index (κ1) is 19.3. The molecule has 0 saturated carbocycles. The van der Waals surface area contributed by atoms with Crippen LogP contribution in [0.15, 0.2) is 48.5 Å². The number of para-hydroxylation sites is 2. The number of fused-ring (bicyclic) bond motifs is 2. The number of ether oxygens (including phenoxy) is 3. The Morgan fingerprint density at radius 1 is 1.04 bits per heavy atom. The van der Waals surface area contributed by atoms with E-state index in [1.807, 2.05) is 50.2 Å². The molecule has 2 heterocycles. The summed E-state index contributed by atoms with van der Waals surface area (Å²) in [6.07, 6.45) is 3.47. The standard InChI is InChI=1S/C14H18O3.C9H10O/c1-10(2)9-16-14(15)13-8-7-11-5-3-4-6-12(11)17-13;1-2-6-9-8(4-1)5-3-7-10-9/h3-6,10,13H,7-9H2,1-2H3;1-2,4,6H,3,5,7H2/t13-;/m0./s1. The van der Waals surface area contributed by atoms with Crippen molar-refractivity contribution in [2.45, 2.75) is 45.6 Å². The van der Waals surface area contributed by atoms with Crippen molar-refractivity contribution in [1.29, 1.82) is 0 Å². The number of aryl methyl sites for hydroxylation is 2. The predicted molar refractivity (Wildman–Crippen MR) is 105 cm³/mol. The normalized spacial score (nSPS) is 17.4. The highest BCUT2D eigenvalue weighted by atomic mass is 16.6. The van der Waals surface area contributed by atoms with Gasteiger partial charge in [-0.2, -0.15) is 0 Å². The van der Waals surface area contributed by atoms with Crippen LogP contribution in [-0.2, 0) is 22.4 Å². The van der Waals surface area contributed by atoms with Gasteiger partial charge in [-0.05, 0) is 54.9 Å². The Balaban J connectivity index is 0.000000177. The number of carbonyl (C=O) groups is 1. The van der Waals surface area contributed by atoms with Gasteiger partial charge in [0.1, 0.15) is 11.5 Å². The van der Waals surface area contributed by atoms with E-state index in [-0.39, 0.29) is 5.97 Å². The number of rotatable bonds is 3. The Morgan fingerprint density at radius 3 is 2.41 bits per heavy atom. The van der Waals surface area contributed by atoms with Gasteiger partial charge in [0.2, 0.25) is 0 Å². The SMILES string of the molecule is CC(C)COC(=O)[C@@H]1CCc2ccccc2O1.c1ccc2c(c1)CCCO2. The molecular formula is C23H28O4. The van der Waals surface area contributed by atoms with E-state index in [0.717, 1.165) is 30.9 Å². The predicted octanol–water partition coefficient (Wildman–Crippen LogP) is 4.59. The van der Waals surface area contributed by atoms with Crippen LogP contribution in [0.2, 0.25) is 0 Å². The van der Waals surface area contributed by atoms with Gasteiger partial charge in [0.05, 0.1) is 13.2 Å². The summed E-state index contributed by atoms with van der Waals surface area (Å²) in [5.41, 5.74) is 2.52. The lowest BCUT2D eigenvalue weighted by Crippen LogP contribution is -2.33. The molecule has 1 atom stereocenters. The topological polar surface area (TPSA) is 44.8 Å². The van der Waals surface area contributed by atoms with E-state index in [0.29, 0.717) is 18.9 Å². The summed E-state index contributed by atoms with van der Waals surface area (Å²) in [4.78, 5) is 11.8. The molecule has 2 aromatic rings. The molecule has 0 saturated heterocycles. The molecule has 4 nitrogen and oxygen atoms in total. The number of hydrogen-bond donors (Lipinski definition) is 0. The van der Waals surface area contributed by atoms with E-state index in [4.69, 9.17) is 14.2 Å². The fourth-order valence-corrected chi connectivity index (χ4v) is 3.13. The smallest absolute Gasteiger partial charge is 0.347 e. The maximum atomic E-state index is 11.8. The maximum absolute atomic E-state index is 11.8. The highest BCUT2D eigenvalue weighted by molar-refractivity contribution is 5.75. The van der Waals surface area contributed by atoms with Gasteiger partial charge in [-0.1, -0.05) is 50.2 Å². The molecule has 0 unspecified atom stereocenters. The molecule has 2 aliphatic heterocycles. The van der Waals surface area contributed by atoms with Crippen LogP contribution in [-0.4, -0.2) is 25.3 Å². The number of carbonyl (C=O) groups excluding carboxylic acids is 1. The molecule has 0 N–H and O–H groups in total. The van der Waals surface area contributed by atoms with Crippen molar-refractivity contribution in [3.63, 3.8) is 0 Å². The molecule has 0 aromatic heterocycles. The maximum Gasteiger partial charge on any atom is 0.347 e. The molecule has 0 aliphatic carbocycles. The average molecular weight is 368 g/mol. The van der Waals surface area contributed by atoms with Gasteiger partial charge in [0.15, 0.2) is 6.10 Å². The van der Waals surface area contributed by atoms with E-state index in [2.05, 4.69) is 12.1 Å². The molecule has 0 spiro atoms. The first-order valence-corrected chi connectivity index (χ1v) is 9.75. The largest absolute Gasteiger partial charge is 0.493 e. The molecule has 0 bridgehead atoms. The van der Waals surface area contributed by atoms with Gasteiger partial charge in [-0.25, -0.2) is 4.79 Å². The Bertz CT molecular complexity index is 729. The van der Waals surface area contributed by atoms with Crippen LogP contribution in [0, 0.1) is 5.92 Å². The van der Waals surface area contributed by atoms with Gasteiger partial charge in [-0.15, -0.1) is 0 Å². The summed E-state index contributed by atoms with van der Waals surface area (Å²) in [5.74, 6) is 2.00. The minimum absolute atomic E-state index is 0.242. The zero-order valence-electron chi connectivity index (χ0n) is 16.1. The Morgan fingerprint density at radius 2 is 1.70 bits per heavy atom. The zero-order valence-corrected chi connectivity index (χ0v) is 16.1. The second-order valence-electron chi connectivity index (χ2n) is 7.34. The zero-order chi connectivity index (χ0) is 19.1. The third kappa shape index (κ3) is 5.49. The lowest BCUT2D eigenvalue weighted by molar-refractivity contribution is -0.153. The van der Waals surface area contributed by atoms with Crippen LogP contribution in [0.4, 0.5) is 0 Å². The van der Waals surface area contributed by atoms with Crippen molar-refractivity contribution in [2.75, 3.05) is 13.2 Å². The van der Waals surface area contributed by atoms with Crippen LogP contribution in [0.25, 0.3) is 0 Å². The minimum atomic E-state index is -0.441. The van der Waals surface area contributed by atoms with Crippen LogP contribution in [0.1, 0.15) is 37.8 Å². The van der Waals surface area contributed by atoms with Gasteiger partial charge in [0, 0.05) is 0 Å². The Kier molecular flexibility index (Phi) is 6.74. The second kappa shape index (κ2) is 9.45. The van der Waals surface area contributed by atoms with E-state index in [1.54, 1.807) is 0 Å². The van der Waals surface area contributed by atoms with Gasteiger partial charge < -0.3 is 14.2 Å². The third-order valence-electron chi connectivity index (χ3n) is 4.56. The van der Waals surface area contributed by atoms with Gasteiger partial charge >= 0.3 is 5.97 Å². The minimum Gasteiger partial charge on any atom is -0.493 e. The second-order valence-corrected chi connectivity index (χ2v) is 7.34. The lowest BCUT2D eigenvalue weighted by Gasteiger charge is -2.24. The van der Waals surface area contributed by atoms with Crippen molar-refractivity contribution in [3.8, 4) is 11.5 Å². The molecule has 144 valence electrons. The first-order valence-electron chi connectivity index (χ1n) is 9.75. The third-order valence-corrected chi connectivity index (χ3v) is 4.56. The van der Waals surface area contributed by atoms with Crippen LogP contribution in [0.3, 0.4) is 0 Å². The highest BCUT2D eigenvalue weighted by Crippen LogP contribution is 2.27. The Hall–Kier alpha value is -2.49. The summed E-state index contributed by atoms with van der Waals surface area (Å²) >= 11 is 0. The van der Waals surface area contributed by atoms with Crippen LogP contribution in [0.5, 0.6) is 11.5 Å². The van der Waals surface area contributed by atoms with Crippen molar-refractivity contribution in [2.24, 2.45) is 5.92 Å². The van der Waals surface area contributed by atoms with E-state index in [9.17, 15) is 4.79 Å². The molecule has 0 radical (unpaired) electrons. The van der Waals surface area contributed by atoms with Crippen LogP contribution < -0.4 is 9.47 Å². The average Bonchev–Trinajstić information content (AvgIpc) is 2.72. The summed E-state index contributed by atoms with van der Waals surface area (Å²) in [6, 6.07) is 16.1. The van der Waals surface area contributed by atoms with Crippen molar-refractivity contribution < 1.29 is 19.0 Å². The summed E-state index contributed by atoms with van der Waals surface area (Å²) in [7, 11) is 0. The number of benzene rings is 2. The van der Waals surface area contributed by atoms with Crippen molar-refractivity contribution >= 4 is 5.97 Å². The molecule has 4 rings (SSSR count). The van der Waals surface area contributed by atoms with Gasteiger partial charge in [0.25, 0.3) is 0 Å². The molecule has 2 aromatic carbocycles. The van der Waals surface area contributed by atoms with E-state index in [1.165, 1.54) is 17.5 Å². The number of hydrogen-bond acceptors (Lipinski definition) is 4. The molecule has 2 aliphatic rings. The van der Waals surface area contributed by atoms with Crippen LogP contribution >= 0.6 is 0 Å².